The Morgan fingerprint density at radius 2 is 2.00 bits per heavy atom. The maximum atomic E-state index is 12.8. The molecule has 3 heterocycles. The Morgan fingerprint density at radius 3 is 2.72 bits per heavy atom. The molecule has 0 bridgehead atoms. The number of nitrogens with two attached hydrogens (primary N) is 1. The Bertz CT molecular complexity index is 1240. The summed E-state index contributed by atoms with van der Waals surface area (Å²) < 4.78 is 6.71. The number of hydrogen-bond acceptors (Lipinski definition) is 6. The number of aromatic nitrogens is 4. The molecule has 4 aromatic rings. The van der Waals surface area contributed by atoms with Crippen molar-refractivity contribution in [1.29, 1.82) is 0 Å². The molecule has 146 valence electrons. The average molecular weight is 390 g/mol. The molecule has 0 aliphatic heterocycles. The number of para-hydroxylation sites is 1. The van der Waals surface area contributed by atoms with Crippen LogP contribution in [0.3, 0.4) is 0 Å². The molecule has 0 saturated heterocycles. The molecule has 0 unspecified atom stereocenters. The van der Waals surface area contributed by atoms with E-state index in [1.807, 2.05) is 13.0 Å². The maximum Gasteiger partial charge on any atom is 0.274 e. The number of amides is 2. The van der Waals surface area contributed by atoms with Crippen LogP contribution in [0.5, 0.6) is 0 Å². The fourth-order valence-corrected chi connectivity index (χ4v) is 3.06. The van der Waals surface area contributed by atoms with E-state index in [0.717, 1.165) is 5.69 Å². The number of carbonyl (C=O) groups excluding carboxylic acids is 2. The van der Waals surface area contributed by atoms with Crippen LogP contribution in [-0.2, 0) is 6.54 Å². The van der Waals surface area contributed by atoms with Crippen molar-refractivity contribution >= 4 is 28.4 Å². The lowest BCUT2D eigenvalue weighted by molar-refractivity contribution is 0.100. The minimum Gasteiger partial charge on any atom is -0.366 e. The largest absolute Gasteiger partial charge is 0.366 e. The number of hydrogen-bond donors (Lipinski definition) is 2. The van der Waals surface area contributed by atoms with E-state index in [2.05, 4.69) is 20.6 Å². The highest BCUT2D eigenvalue weighted by molar-refractivity contribution is 6.10. The highest BCUT2D eigenvalue weighted by Gasteiger charge is 2.17. The zero-order valence-electron chi connectivity index (χ0n) is 15.8. The summed E-state index contributed by atoms with van der Waals surface area (Å²) in [6.45, 7) is 4.00. The van der Waals surface area contributed by atoms with E-state index in [9.17, 15) is 9.59 Å². The molecule has 29 heavy (non-hydrogen) atoms. The number of aryl methyl sites for hydroxylation is 2. The lowest BCUT2D eigenvalue weighted by atomic mass is 10.1. The van der Waals surface area contributed by atoms with Crippen molar-refractivity contribution in [3.05, 3.63) is 71.0 Å². The third-order valence-corrected chi connectivity index (χ3v) is 4.41. The van der Waals surface area contributed by atoms with E-state index in [4.69, 9.17) is 10.3 Å². The first kappa shape index (κ1) is 18.4. The second-order valence-electron chi connectivity index (χ2n) is 6.65. The summed E-state index contributed by atoms with van der Waals surface area (Å²) in [4.78, 5) is 28.9. The third kappa shape index (κ3) is 3.70. The van der Waals surface area contributed by atoms with Crippen LogP contribution in [0.4, 0.5) is 5.69 Å². The average Bonchev–Trinajstić information content (AvgIpc) is 3.25. The molecule has 0 spiro atoms. The number of primary amides is 1. The summed E-state index contributed by atoms with van der Waals surface area (Å²) in [5, 5.41) is 11.7. The van der Waals surface area contributed by atoms with Crippen LogP contribution in [0.25, 0.3) is 10.9 Å². The van der Waals surface area contributed by atoms with E-state index in [0.29, 0.717) is 34.6 Å². The lowest BCUT2D eigenvalue weighted by Gasteiger charge is -2.07. The van der Waals surface area contributed by atoms with Gasteiger partial charge in [0.2, 0.25) is 5.91 Å². The minimum absolute atomic E-state index is 0.0942. The van der Waals surface area contributed by atoms with Crippen LogP contribution in [-0.4, -0.2) is 31.7 Å². The highest BCUT2D eigenvalue weighted by atomic mass is 16.5. The molecule has 0 aliphatic rings. The van der Waals surface area contributed by atoms with Gasteiger partial charge >= 0.3 is 0 Å². The first-order valence-corrected chi connectivity index (χ1v) is 8.88. The highest BCUT2D eigenvalue weighted by Crippen LogP contribution is 2.20. The Kier molecular flexibility index (Phi) is 4.55. The van der Waals surface area contributed by atoms with Gasteiger partial charge in [-0.05, 0) is 26.0 Å². The number of carbonyl (C=O) groups is 2. The summed E-state index contributed by atoms with van der Waals surface area (Å²) in [7, 11) is 0. The Labute approximate surface area is 165 Å². The number of pyridine rings is 1. The smallest absolute Gasteiger partial charge is 0.274 e. The molecule has 3 aromatic heterocycles. The van der Waals surface area contributed by atoms with Gasteiger partial charge in [0.1, 0.15) is 17.1 Å². The number of benzene rings is 1. The van der Waals surface area contributed by atoms with E-state index in [-0.39, 0.29) is 11.3 Å². The van der Waals surface area contributed by atoms with Crippen LogP contribution in [0.2, 0.25) is 0 Å². The van der Waals surface area contributed by atoms with Crippen LogP contribution in [0, 0.1) is 13.8 Å². The van der Waals surface area contributed by atoms with E-state index >= 15 is 0 Å². The van der Waals surface area contributed by atoms with E-state index in [1.54, 1.807) is 42.1 Å². The fraction of sp³-hybridized carbons (Fsp3) is 0.150. The van der Waals surface area contributed by atoms with Gasteiger partial charge in [0.15, 0.2) is 0 Å². The maximum absolute atomic E-state index is 12.8. The molecule has 2 amide bonds. The van der Waals surface area contributed by atoms with Gasteiger partial charge in [0, 0.05) is 17.6 Å². The van der Waals surface area contributed by atoms with Crippen molar-refractivity contribution in [2.24, 2.45) is 5.73 Å². The Balaban J connectivity index is 1.60. The van der Waals surface area contributed by atoms with Gasteiger partial charge in [0.05, 0.1) is 29.0 Å². The van der Waals surface area contributed by atoms with E-state index < -0.39 is 11.8 Å². The van der Waals surface area contributed by atoms with Gasteiger partial charge < -0.3 is 15.6 Å². The molecular formula is C20H18N6O3. The number of anilines is 1. The standard InChI is InChI=1S/C20H18N6O3/c1-11-7-13(25-29-11)9-26-10-18(12(2)24-26)23-20(28)17-8-15(19(21)27)14-5-3-4-6-16(14)22-17/h3-8,10H,9H2,1-2H3,(H2,21,27)(H,23,28). The van der Waals surface area contributed by atoms with Crippen molar-refractivity contribution in [3.63, 3.8) is 0 Å². The molecular weight excluding hydrogens is 372 g/mol. The topological polar surface area (TPSA) is 129 Å². The molecule has 9 heteroatoms. The molecule has 0 atom stereocenters. The second-order valence-corrected chi connectivity index (χ2v) is 6.65. The van der Waals surface area contributed by atoms with Crippen molar-refractivity contribution in [2.75, 3.05) is 5.32 Å². The van der Waals surface area contributed by atoms with Gasteiger partial charge in [-0.25, -0.2) is 4.98 Å². The Hall–Kier alpha value is -4.01. The normalized spacial score (nSPS) is 11.0. The van der Waals surface area contributed by atoms with Crippen molar-refractivity contribution in [1.82, 2.24) is 19.9 Å². The molecule has 1 aromatic carbocycles. The zero-order chi connectivity index (χ0) is 20.5. The molecule has 9 nitrogen and oxygen atoms in total. The number of nitrogens with zero attached hydrogens (tertiary/aromatic N) is 4. The van der Waals surface area contributed by atoms with Crippen LogP contribution in [0.15, 0.2) is 47.1 Å². The van der Waals surface area contributed by atoms with Crippen molar-refractivity contribution in [2.45, 2.75) is 20.4 Å². The third-order valence-electron chi connectivity index (χ3n) is 4.41. The van der Waals surface area contributed by atoms with E-state index in [1.165, 1.54) is 6.07 Å². The molecule has 4 rings (SSSR count). The van der Waals surface area contributed by atoms with Crippen LogP contribution < -0.4 is 11.1 Å². The van der Waals surface area contributed by atoms with Gasteiger partial charge in [-0.15, -0.1) is 0 Å². The molecule has 0 saturated carbocycles. The molecule has 0 radical (unpaired) electrons. The number of fused-ring (bicyclic) bond motifs is 1. The predicted molar refractivity (Wildman–Crippen MR) is 106 cm³/mol. The van der Waals surface area contributed by atoms with Gasteiger partial charge in [-0.1, -0.05) is 23.4 Å². The summed E-state index contributed by atoms with van der Waals surface area (Å²) in [6, 6.07) is 10.2. The molecule has 0 fully saturated rings. The SMILES string of the molecule is Cc1cc(Cn2cc(NC(=O)c3cc(C(N)=O)c4ccccc4n3)c(C)n2)no1. The fourth-order valence-electron chi connectivity index (χ4n) is 3.06. The van der Waals surface area contributed by atoms with Crippen LogP contribution in [0.1, 0.15) is 38.0 Å². The second kappa shape index (κ2) is 7.19. The minimum atomic E-state index is -0.621. The summed E-state index contributed by atoms with van der Waals surface area (Å²) in [5.74, 6) is -0.368. The summed E-state index contributed by atoms with van der Waals surface area (Å²) in [5.41, 5.74) is 8.23. The zero-order valence-corrected chi connectivity index (χ0v) is 15.8. The van der Waals surface area contributed by atoms with Gasteiger partial charge in [0.25, 0.3) is 5.91 Å². The predicted octanol–water partition coefficient (Wildman–Crippen LogP) is 2.44. The lowest BCUT2D eigenvalue weighted by Crippen LogP contribution is -2.17. The van der Waals surface area contributed by atoms with Crippen molar-refractivity contribution < 1.29 is 14.1 Å². The molecule has 0 aliphatic carbocycles. The number of rotatable bonds is 5. The summed E-state index contributed by atoms with van der Waals surface area (Å²) in [6.07, 6.45) is 1.70. The first-order chi connectivity index (χ1) is 13.9. The quantitative estimate of drug-likeness (QED) is 0.538. The number of nitrogens with one attached hydrogen (secondary N) is 1. The van der Waals surface area contributed by atoms with Gasteiger partial charge in [-0.3, -0.25) is 14.3 Å². The van der Waals surface area contributed by atoms with Crippen LogP contribution >= 0.6 is 0 Å². The first-order valence-electron chi connectivity index (χ1n) is 8.88. The van der Waals surface area contributed by atoms with Crippen molar-refractivity contribution in [3.8, 4) is 0 Å². The van der Waals surface area contributed by atoms with Gasteiger partial charge in [-0.2, -0.15) is 5.10 Å². The molecule has 3 N–H and O–H groups in total. The monoisotopic (exact) mass is 390 g/mol. The summed E-state index contributed by atoms with van der Waals surface area (Å²) >= 11 is 0. The Morgan fingerprint density at radius 1 is 1.21 bits per heavy atom.